The summed E-state index contributed by atoms with van der Waals surface area (Å²) in [5, 5.41) is 4.46. The molecule has 27 heavy (non-hydrogen) atoms. The number of carbonyl (C=O) groups is 3. The van der Waals surface area contributed by atoms with Crippen LogP contribution in [0.15, 0.2) is 40.2 Å². The van der Waals surface area contributed by atoms with Crippen molar-refractivity contribution in [2.24, 2.45) is 5.73 Å². The van der Waals surface area contributed by atoms with Gasteiger partial charge in [0.1, 0.15) is 10.8 Å². The molecule has 2 aromatic rings. The molecule has 2 rings (SSSR count). The summed E-state index contributed by atoms with van der Waals surface area (Å²) in [7, 11) is 1.52. The molecule has 9 heteroatoms. The Hall–Kier alpha value is -2.65. The number of thiophene rings is 1. The number of hydrogen-bond acceptors (Lipinski definition) is 6. The summed E-state index contributed by atoms with van der Waals surface area (Å²) < 4.78 is 11.1. The Kier molecular flexibility index (Phi) is 7.14. The number of hydrogen-bond donors (Lipinski definition) is 2. The second-order valence-corrected chi connectivity index (χ2v) is 7.15. The molecule has 1 heterocycles. The Morgan fingerprint density at radius 2 is 2.04 bits per heavy atom. The number of benzene rings is 1. The number of amides is 2. The van der Waals surface area contributed by atoms with Crippen molar-refractivity contribution >= 4 is 56.1 Å². The Morgan fingerprint density at radius 3 is 2.70 bits per heavy atom. The molecular weight excluding hydrogens is 436 g/mol. The van der Waals surface area contributed by atoms with E-state index in [0.29, 0.717) is 16.3 Å². The SMILES string of the molecule is COc1ccc(Br)cc1/C=C/C(=O)O[C@H](C)C(=O)Nc1sccc1C(N)=O. The minimum absolute atomic E-state index is 0.202. The molecule has 0 bridgehead atoms. The maximum absolute atomic E-state index is 12.2. The van der Waals surface area contributed by atoms with Crippen LogP contribution in [0.2, 0.25) is 0 Å². The van der Waals surface area contributed by atoms with Gasteiger partial charge < -0.3 is 20.5 Å². The standard InChI is InChI=1S/C18H17BrN2O5S/c1-10(17(24)21-18-13(16(20)23)7-8-27-18)26-15(22)6-3-11-9-12(19)4-5-14(11)25-2/h3-10H,1-2H3,(H2,20,23)(H,21,24)/b6-3+/t10-/m1/s1. The molecular formula is C18H17BrN2O5S. The zero-order chi connectivity index (χ0) is 20.0. The first-order valence-corrected chi connectivity index (χ1v) is 9.39. The molecule has 2 amide bonds. The van der Waals surface area contributed by atoms with Crippen LogP contribution < -0.4 is 15.8 Å². The number of rotatable bonds is 7. The van der Waals surface area contributed by atoms with Crippen LogP contribution >= 0.6 is 27.3 Å². The lowest BCUT2D eigenvalue weighted by molar-refractivity contribution is -0.148. The number of nitrogens with one attached hydrogen (secondary N) is 1. The molecule has 0 aliphatic heterocycles. The number of nitrogens with two attached hydrogens (primary N) is 1. The van der Waals surface area contributed by atoms with Crippen LogP contribution in [0.3, 0.4) is 0 Å². The van der Waals surface area contributed by atoms with E-state index in [1.807, 2.05) is 6.07 Å². The highest BCUT2D eigenvalue weighted by molar-refractivity contribution is 9.10. The summed E-state index contributed by atoms with van der Waals surface area (Å²) in [6, 6.07) is 6.85. The fourth-order valence-electron chi connectivity index (χ4n) is 2.07. The van der Waals surface area contributed by atoms with Crippen molar-refractivity contribution in [2.75, 3.05) is 12.4 Å². The third-order valence-corrected chi connectivity index (χ3v) is 4.74. The number of methoxy groups -OCH3 is 1. The Balaban J connectivity index is 1.98. The number of ether oxygens (including phenoxy) is 2. The van der Waals surface area contributed by atoms with Gasteiger partial charge in [-0.25, -0.2) is 4.79 Å². The van der Waals surface area contributed by atoms with Crippen molar-refractivity contribution in [3.63, 3.8) is 0 Å². The summed E-state index contributed by atoms with van der Waals surface area (Å²) in [6.45, 7) is 1.43. The van der Waals surface area contributed by atoms with E-state index in [1.165, 1.54) is 32.3 Å². The van der Waals surface area contributed by atoms with Gasteiger partial charge in [0, 0.05) is 16.1 Å². The van der Waals surface area contributed by atoms with Gasteiger partial charge in [-0.1, -0.05) is 15.9 Å². The largest absolute Gasteiger partial charge is 0.496 e. The number of carbonyl (C=O) groups excluding carboxylic acids is 3. The second kappa shape index (κ2) is 9.33. The average molecular weight is 453 g/mol. The molecule has 0 saturated heterocycles. The van der Waals surface area contributed by atoms with Gasteiger partial charge >= 0.3 is 5.97 Å². The lowest BCUT2D eigenvalue weighted by Gasteiger charge is -2.12. The lowest BCUT2D eigenvalue weighted by atomic mass is 10.2. The first kappa shape index (κ1) is 20.7. The van der Waals surface area contributed by atoms with Gasteiger partial charge in [-0.3, -0.25) is 9.59 Å². The maximum Gasteiger partial charge on any atom is 0.331 e. The van der Waals surface area contributed by atoms with Crippen LogP contribution in [0.1, 0.15) is 22.8 Å². The molecule has 0 aliphatic carbocycles. The highest BCUT2D eigenvalue weighted by Gasteiger charge is 2.19. The zero-order valence-corrected chi connectivity index (χ0v) is 16.9. The maximum atomic E-state index is 12.2. The van der Waals surface area contributed by atoms with Crippen LogP contribution in [-0.2, 0) is 14.3 Å². The summed E-state index contributed by atoms with van der Waals surface area (Å²) in [6.07, 6.45) is 1.67. The van der Waals surface area contributed by atoms with Crippen molar-refractivity contribution in [2.45, 2.75) is 13.0 Å². The second-order valence-electron chi connectivity index (χ2n) is 5.32. The first-order valence-electron chi connectivity index (χ1n) is 7.72. The van der Waals surface area contributed by atoms with Crippen LogP contribution in [0.4, 0.5) is 5.00 Å². The van der Waals surface area contributed by atoms with E-state index in [0.717, 1.165) is 15.8 Å². The minimum Gasteiger partial charge on any atom is -0.496 e. The highest BCUT2D eigenvalue weighted by atomic mass is 79.9. The van der Waals surface area contributed by atoms with Crippen LogP contribution in [0.25, 0.3) is 6.08 Å². The zero-order valence-electron chi connectivity index (χ0n) is 14.5. The van der Waals surface area contributed by atoms with Crippen molar-refractivity contribution in [1.82, 2.24) is 0 Å². The van der Waals surface area contributed by atoms with E-state index in [4.69, 9.17) is 15.2 Å². The summed E-state index contributed by atoms with van der Waals surface area (Å²) in [4.78, 5) is 35.4. The van der Waals surface area contributed by atoms with Crippen LogP contribution in [0.5, 0.6) is 5.75 Å². The molecule has 3 N–H and O–H groups in total. The van der Waals surface area contributed by atoms with Gasteiger partial charge in [-0.15, -0.1) is 11.3 Å². The minimum atomic E-state index is -1.06. The normalized spacial score (nSPS) is 11.8. The van der Waals surface area contributed by atoms with Crippen molar-refractivity contribution in [3.8, 4) is 5.75 Å². The molecule has 0 saturated carbocycles. The Morgan fingerprint density at radius 1 is 1.30 bits per heavy atom. The fraction of sp³-hybridized carbons (Fsp3) is 0.167. The molecule has 1 aromatic carbocycles. The third-order valence-electron chi connectivity index (χ3n) is 3.42. The van der Waals surface area contributed by atoms with E-state index in [-0.39, 0.29) is 5.56 Å². The predicted octanol–water partition coefficient (Wildman–Crippen LogP) is 3.20. The molecule has 7 nitrogen and oxygen atoms in total. The predicted molar refractivity (Wildman–Crippen MR) is 107 cm³/mol. The number of anilines is 1. The summed E-state index contributed by atoms with van der Waals surface area (Å²) in [5.41, 5.74) is 6.10. The molecule has 0 aliphatic rings. The van der Waals surface area contributed by atoms with E-state index in [2.05, 4.69) is 21.2 Å². The van der Waals surface area contributed by atoms with Crippen molar-refractivity contribution in [1.29, 1.82) is 0 Å². The molecule has 1 aromatic heterocycles. The lowest BCUT2D eigenvalue weighted by Crippen LogP contribution is -2.29. The third kappa shape index (κ3) is 5.66. The number of primary amides is 1. The van der Waals surface area contributed by atoms with Gasteiger partial charge in [0.25, 0.3) is 11.8 Å². The van der Waals surface area contributed by atoms with Crippen molar-refractivity contribution in [3.05, 3.63) is 51.3 Å². The smallest absolute Gasteiger partial charge is 0.331 e. The molecule has 0 fully saturated rings. The van der Waals surface area contributed by atoms with E-state index in [1.54, 1.807) is 17.5 Å². The topological polar surface area (TPSA) is 108 Å². The molecule has 0 radical (unpaired) electrons. The van der Waals surface area contributed by atoms with Gasteiger partial charge in [0.2, 0.25) is 0 Å². The van der Waals surface area contributed by atoms with Gasteiger partial charge in [-0.05, 0) is 42.6 Å². The fourth-order valence-corrected chi connectivity index (χ4v) is 3.25. The monoisotopic (exact) mass is 452 g/mol. The quantitative estimate of drug-likeness (QED) is 0.495. The first-order chi connectivity index (χ1) is 12.8. The van der Waals surface area contributed by atoms with E-state index < -0.39 is 23.9 Å². The molecule has 0 unspecified atom stereocenters. The molecule has 142 valence electrons. The highest BCUT2D eigenvalue weighted by Crippen LogP contribution is 2.24. The van der Waals surface area contributed by atoms with Crippen LogP contribution in [-0.4, -0.2) is 31.0 Å². The van der Waals surface area contributed by atoms with Gasteiger partial charge in [-0.2, -0.15) is 0 Å². The van der Waals surface area contributed by atoms with Crippen LogP contribution in [0, 0.1) is 0 Å². The van der Waals surface area contributed by atoms with Crippen molar-refractivity contribution < 1.29 is 23.9 Å². The number of halogens is 1. The van der Waals surface area contributed by atoms with Gasteiger partial charge in [0.05, 0.1) is 12.7 Å². The average Bonchev–Trinajstić information content (AvgIpc) is 3.08. The Labute approximate surface area is 168 Å². The summed E-state index contributed by atoms with van der Waals surface area (Å²) >= 11 is 4.50. The van der Waals surface area contributed by atoms with E-state index >= 15 is 0 Å². The Bertz CT molecular complexity index is 894. The van der Waals surface area contributed by atoms with E-state index in [9.17, 15) is 14.4 Å². The van der Waals surface area contributed by atoms with Gasteiger partial charge in [0.15, 0.2) is 6.10 Å². The molecule has 1 atom stereocenters. The number of esters is 1. The molecule has 0 spiro atoms. The summed E-state index contributed by atoms with van der Waals surface area (Å²) in [5.74, 6) is -1.32.